The van der Waals surface area contributed by atoms with Crippen LogP contribution in [-0.4, -0.2) is 10.7 Å². The molecule has 1 nitrogen and oxygen atoms in total. The summed E-state index contributed by atoms with van der Waals surface area (Å²) in [6.45, 7) is 3.83. The summed E-state index contributed by atoms with van der Waals surface area (Å²) >= 11 is 3.62. The van der Waals surface area contributed by atoms with Gasteiger partial charge < -0.3 is 0 Å². The number of rotatable bonds is 4. The van der Waals surface area contributed by atoms with Crippen LogP contribution in [0.1, 0.15) is 12.8 Å². The molecule has 1 aromatic carbocycles. The van der Waals surface area contributed by atoms with Crippen molar-refractivity contribution in [3.05, 3.63) is 31.2 Å². The molecule has 1 radical (unpaired) electrons. The fourth-order valence-electron chi connectivity index (χ4n) is 1.17. The standard InChI is InChI=1S/C11H12NS2/c1-2-3-8-13-11-12-9-6-4-5-7-10(9)14-11/h4-7H,1-3,8H2. The van der Waals surface area contributed by atoms with Gasteiger partial charge in [0.25, 0.3) is 0 Å². The van der Waals surface area contributed by atoms with Gasteiger partial charge in [-0.2, -0.15) is 0 Å². The summed E-state index contributed by atoms with van der Waals surface area (Å²) in [5, 5.41) is 0. The monoisotopic (exact) mass is 222 g/mol. The molecule has 0 aliphatic rings. The van der Waals surface area contributed by atoms with Gasteiger partial charge in [-0.3, -0.25) is 0 Å². The third kappa shape index (κ3) is 2.28. The van der Waals surface area contributed by atoms with E-state index in [1.165, 1.54) is 15.5 Å². The first kappa shape index (κ1) is 9.99. The third-order valence-electron chi connectivity index (χ3n) is 1.89. The molecule has 0 spiro atoms. The molecule has 3 heteroatoms. The number of hydrogen-bond acceptors (Lipinski definition) is 3. The Morgan fingerprint density at radius 3 is 3.00 bits per heavy atom. The molecule has 1 aromatic heterocycles. The highest BCUT2D eigenvalue weighted by atomic mass is 32.2. The van der Waals surface area contributed by atoms with E-state index < -0.39 is 0 Å². The van der Waals surface area contributed by atoms with Gasteiger partial charge in [-0.15, -0.1) is 11.3 Å². The van der Waals surface area contributed by atoms with Gasteiger partial charge in [0.05, 0.1) is 10.2 Å². The topological polar surface area (TPSA) is 12.9 Å². The van der Waals surface area contributed by atoms with E-state index in [2.05, 4.69) is 30.1 Å². The summed E-state index contributed by atoms with van der Waals surface area (Å²) in [6.07, 6.45) is 2.18. The zero-order valence-electron chi connectivity index (χ0n) is 7.90. The van der Waals surface area contributed by atoms with E-state index in [4.69, 9.17) is 0 Å². The number of para-hydroxylation sites is 1. The van der Waals surface area contributed by atoms with Crippen LogP contribution in [0.25, 0.3) is 10.2 Å². The number of thiazole rings is 1. The van der Waals surface area contributed by atoms with E-state index in [1.54, 1.807) is 11.3 Å². The Bertz CT molecular complexity index is 375. The molecule has 1 heterocycles. The second-order valence-corrected chi connectivity index (χ2v) is 5.38. The van der Waals surface area contributed by atoms with Gasteiger partial charge in [0.2, 0.25) is 0 Å². The van der Waals surface area contributed by atoms with Crippen LogP contribution >= 0.6 is 23.1 Å². The van der Waals surface area contributed by atoms with Crippen LogP contribution in [0.2, 0.25) is 0 Å². The number of benzene rings is 1. The maximum atomic E-state index is 4.55. The van der Waals surface area contributed by atoms with Crippen LogP contribution < -0.4 is 0 Å². The summed E-state index contributed by atoms with van der Waals surface area (Å²) in [5.41, 5.74) is 1.12. The second-order valence-electron chi connectivity index (χ2n) is 3.00. The van der Waals surface area contributed by atoms with Gasteiger partial charge in [0.1, 0.15) is 0 Å². The molecule has 73 valence electrons. The molecular formula is C11H12NS2. The first-order valence-corrected chi connectivity index (χ1v) is 6.48. The Labute approximate surface area is 92.6 Å². The molecule has 0 N–H and O–H groups in total. The molecule has 14 heavy (non-hydrogen) atoms. The highest BCUT2D eigenvalue weighted by Crippen LogP contribution is 2.29. The largest absolute Gasteiger partial charge is 0.230 e. The fourth-order valence-corrected chi connectivity index (χ4v) is 3.31. The average Bonchev–Trinajstić information content (AvgIpc) is 2.60. The predicted octanol–water partition coefficient (Wildman–Crippen LogP) is 4.00. The fraction of sp³-hybridized carbons (Fsp3) is 0.273. The van der Waals surface area contributed by atoms with Crippen LogP contribution in [0, 0.1) is 6.92 Å². The van der Waals surface area contributed by atoms with E-state index in [0.717, 1.165) is 17.7 Å². The molecule has 0 fully saturated rings. The van der Waals surface area contributed by atoms with E-state index >= 15 is 0 Å². The third-order valence-corrected chi connectivity index (χ3v) is 4.16. The van der Waals surface area contributed by atoms with Crippen molar-refractivity contribution >= 4 is 33.3 Å². The maximum absolute atomic E-state index is 4.55. The van der Waals surface area contributed by atoms with Gasteiger partial charge in [-0.25, -0.2) is 4.98 Å². The highest BCUT2D eigenvalue weighted by Gasteiger charge is 2.02. The second kappa shape index (κ2) is 4.80. The minimum absolute atomic E-state index is 1.01. The molecule has 2 aromatic rings. The Morgan fingerprint density at radius 2 is 2.21 bits per heavy atom. The van der Waals surface area contributed by atoms with E-state index in [9.17, 15) is 0 Å². The molecule has 0 atom stereocenters. The Kier molecular flexibility index (Phi) is 3.43. The number of aromatic nitrogens is 1. The van der Waals surface area contributed by atoms with Gasteiger partial charge in [0.15, 0.2) is 4.34 Å². The van der Waals surface area contributed by atoms with Crippen molar-refractivity contribution in [1.29, 1.82) is 0 Å². The molecule has 0 amide bonds. The zero-order valence-corrected chi connectivity index (χ0v) is 9.53. The summed E-state index contributed by atoms with van der Waals surface area (Å²) < 4.78 is 2.46. The van der Waals surface area contributed by atoms with Crippen LogP contribution in [0.5, 0.6) is 0 Å². The summed E-state index contributed by atoms with van der Waals surface area (Å²) in [5.74, 6) is 1.13. The van der Waals surface area contributed by atoms with Crippen molar-refractivity contribution in [3.8, 4) is 0 Å². The minimum atomic E-state index is 1.01. The SMILES string of the molecule is [CH2]CCCSc1nc2ccccc2s1. The zero-order chi connectivity index (χ0) is 9.80. The summed E-state index contributed by atoms with van der Waals surface area (Å²) in [4.78, 5) is 4.55. The maximum Gasteiger partial charge on any atom is 0.151 e. The lowest BCUT2D eigenvalue weighted by Crippen LogP contribution is -1.76. The van der Waals surface area contributed by atoms with Crippen LogP contribution in [-0.2, 0) is 0 Å². The molecule has 0 unspecified atom stereocenters. The first-order chi connectivity index (χ1) is 6.90. The lowest BCUT2D eigenvalue weighted by molar-refractivity contribution is 0.968. The highest BCUT2D eigenvalue weighted by molar-refractivity contribution is 8.01. The summed E-state index contributed by atoms with van der Waals surface area (Å²) in [6, 6.07) is 8.28. The molecule has 0 saturated heterocycles. The van der Waals surface area contributed by atoms with Crippen LogP contribution in [0.4, 0.5) is 0 Å². The van der Waals surface area contributed by atoms with Gasteiger partial charge in [-0.05, 0) is 18.6 Å². The summed E-state index contributed by atoms with van der Waals surface area (Å²) in [7, 11) is 0. The normalized spacial score (nSPS) is 10.9. The number of fused-ring (bicyclic) bond motifs is 1. The van der Waals surface area contributed by atoms with Gasteiger partial charge in [-0.1, -0.05) is 37.2 Å². The Morgan fingerprint density at radius 1 is 1.36 bits per heavy atom. The van der Waals surface area contributed by atoms with Gasteiger partial charge in [0, 0.05) is 5.75 Å². The average molecular weight is 222 g/mol. The number of hydrogen-bond donors (Lipinski definition) is 0. The predicted molar refractivity (Wildman–Crippen MR) is 64.9 cm³/mol. The molecule has 0 aliphatic heterocycles. The van der Waals surface area contributed by atoms with E-state index in [-0.39, 0.29) is 0 Å². The Balaban J connectivity index is 2.11. The lowest BCUT2D eigenvalue weighted by Gasteiger charge is -1.92. The van der Waals surface area contributed by atoms with Crippen molar-refractivity contribution in [1.82, 2.24) is 4.98 Å². The van der Waals surface area contributed by atoms with Crippen molar-refractivity contribution < 1.29 is 0 Å². The minimum Gasteiger partial charge on any atom is -0.230 e. The number of nitrogens with zero attached hydrogens (tertiary/aromatic N) is 1. The van der Waals surface area contributed by atoms with Crippen molar-refractivity contribution in [3.63, 3.8) is 0 Å². The number of thioether (sulfide) groups is 1. The number of unbranched alkanes of at least 4 members (excludes halogenated alkanes) is 1. The molecule has 0 bridgehead atoms. The quantitative estimate of drug-likeness (QED) is 0.573. The van der Waals surface area contributed by atoms with Gasteiger partial charge >= 0.3 is 0 Å². The van der Waals surface area contributed by atoms with Crippen LogP contribution in [0.15, 0.2) is 28.6 Å². The molecule has 2 rings (SSSR count). The smallest absolute Gasteiger partial charge is 0.151 e. The van der Waals surface area contributed by atoms with E-state index in [1.807, 2.05) is 17.8 Å². The van der Waals surface area contributed by atoms with Crippen molar-refractivity contribution in [2.45, 2.75) is 17.2 Å². The first-order valence-electron chi connectivity index (χ1n) is 4.68. The lowest BCUT2D eigenvalue weighted by atomic mass is 10.3. The Hall–Kier alpha value is -0.540. The molecule has 0 aliphatic carbocycles. The molecule has 0 saturated carbocycles. The van der Waals surface area contributed by atoms with Crippen molar-refractivity contribution in [2.75, 3.05) is 5.75 Å². The van der Waals surface area contributed by atoms with Crippen molar-refractivity contribution in [2.24, 2.45) is 0 Å². The van der Waals surface area contributed by atoms with Crippen LogP contribution in [0.3, 0.4) is 0 Å². The molecular weight excluding hydrogens is 210 g/mol. The van der Waals surface area contributed by atoms with E-state index in [0.29, 0.717) is 0 Å².